The van der Waals surface area contributed by atoms with E-state index in [0.29, 0.717) is 15.7 Å². The molecule has 0 radical (unpaired) electrons. The fourth-order valence-corrected chi connectivity index (χ4v) is 2.76. The zero-order chi connectivity index (χ0) is 14.1. The molecule has 2 nitrogen and oxygen atoms in total. The second-order valence-corrected chi connectivity index (χ2v) is 5.82. The highest BCUT2D eigenvalue weighted by Gasteiger charge is 2.44. The molecule has 1 saturated carbocycles. The average Bonchev–Trinajstić information content (AvgIpc) is 3.22. The van der Waals surface area contributed by atoms with Crippen molar-refractivity contribution in [2.24, 2.45) is 5.92 Å². The number of hydrogen-bond acceptors (Lipinski definition) is 1. The molecular formula is C16H13Cl2NO. The molecule has 0 heterocycles. The quantitative estimate of drug-likeness (QED) is 0.872. The molecule has 0 spiro atoms. The van der Waals surface area contributed by atoms with Gasteiger partial charge in [0.25, 0.3) is 0 Å². The predicted molar refractivity (Wildman–Crippen MR) is 82.4 cm³/mol. The van der Waals surface area contributed by atoms with Crippen LogP contribution in [-0.2, 0) is 4.79 Å². The molecule has 3 rings (SSSR count). The Hall–Kier alpha value is -1.51. The summed E-state index contributed by atoms with van der Waals surface area (Å²) in [6.07, 6.45) is 0.858. The summed E-state index contributed by atoms with van der Waals surface area (Å²) in [5.74, 6) is 0.281. The van der Waals surface area contributed by atoms with E-state index < -0.39 is 0 Å². The number of nitrogens with one attached hydrogen (secondary N) is 1. The summed E-state index contributed by atoms with van der Waals surface area (Å²) in [4.78, 5) is 12.2. The van der Waals surface area contributed by atoms with Crippen LogP contribution in [0, 0.1) is 5.92 Å². The van der Waals surface area contributed by atoms with Crippen molar-refractivity contribution in [3.63, 3.8) is 0 Å². The Kier molecular flexibility index (Phi) is 3.68. The minimum absolute atomic E-state index is 0.00439. The fourth-order valence-electron chi connectivity index (χ4n) is 2.38. The van der Waals surface area contributed by atoms with Gasteiger partial charge in [-0.25, -0.2) is 0 Å². The minimum atomic E-state index is 0.00439. The van der Waals surface area contributed by atoms with Gasteiger partial charge in [-0.05, 0) is 42.2 Å². The largest absolute Gasteiger partial charge is 0.325 e. The van der Waals surface area contributed by atoms with Gasteiger partial charge in [0.1, 0.15) is 0 Å². The van der Waals surface area contributed by atoms with E-state index in [9.17, 15) is 4.79 Å². The van der Waals surface area contributed by atoms with Crippen molar-refractivity contribution in [2.75, 3.05) is 5.32 Å². The van der Waals surface area contributed by atoms with Crippen LogP contribution in [0.2, 0.25) is 10.0 Å². The van der Waals surface area contributed by atoms with Crippen LogP contribution in [0.5, 0.6) is 0 Å². The molecule has 1 N–H and O–H groups in total. The lowest BCUT2D eigenvalue weighted by atomic mass is 10.1. The Morgan fingerprint density at radius 1 is 1.10 bits per heavy atom. The van der Waals surface area contributed by atoms with Crippen LogP contribution in [0.25, 0.3) is 0 Å². The average molecular weight is 306 g/mol. The molecule has 2 atom stereocenters. The van der Waals surface area contributed by atoms with Crippen molar-refractivity contribution < 1.29 is 4.79 Å². The number of anilines is 1. The SMILES string of the molecule is O=C(Nc1ccccc1Cl)[C@H]1C[C@@H]1c1cccc(Cl)c1. The highest BCUT2D eigenvalue weighted by molar-refractivity contribution is 6.33. The molecule has 2 aromatic rings. The Morgan fingerprint density at radius 3 is 2.65 bits per heavy atom. The molecule has 0 unspecified atom stereocenters. The fraction of sp³-hybridized carbons (Fsp3) is 0.188. The highest BCUT2D eigenvalue weighted by Crippen LogP contribution is 2.48. The number of hydrogen-bond donors (Lipinski definition) is 1. The zero-order valence-corrected chi connectivity index (χ0v) is 12.2. The first-order valence-electron chi connectivity index (χ1n) is 6.46. The Labute approximate surface area is 127 Å². The summed E-state index contributed by atoms with van der Waals surface area (Å²) in [7, 11) is 0. The number of halogens is 2. The van der Waals surface area contributed by atoms with E-state index in [1.165, 1.54) is 0 Å². The van der Waals surface area contributed by atoms with Crippen molar-refractivity contribution >= 4 is 34.8 Å². The van der Waals surface area contributed by atoms with Gasteiger partial charge >= 0.3 is 0 Å². The van der Waals surface area contributed by atoms with E-state index in [2.05, 4.69) is 5.32 Å². The van der Waals surface area contributed by atoms with Gasteiger partial charge in [0, 0.05) is 10.9 Å². The normalized spacial score (nSPS) is 20.5. The molecule has 2 aromatic carbocycles. The highest BCUT2D eigenvalue weighted by atomic mass is 35.5. The minimum Gasteiger partial charge on any atom is -0.325 e. The third-order valence-electron chi connectivity index (χ3n) is 3.54. The summed E-state index contributed by atoms with van der Waals surface area (Å²) in [6, 6.07) is 14.9. The number of para-hydroxylation sites is 1. The first-order valence-corrected chi connectivity index (χ1v) is 7.21. The second kappa shape index (κ2) is 5.47. The molecule has 1 amide bonds. The van der Waals surface area contributed by atoms with Gasteiger partial charge in [-0.15, -0.1) is 0 Å². The Balaban J connectivity index is 1.68. The van der Waals surface area contributed by atoms with Gasteiger partial charge in [0.15, 0.2) is 0 Å². The Bertz CT molecular complexity index is 656. The first kappa shape index (κ1) is 13.5. The molecule has 102 valence electrons. The van der Waals surface area contributed by atoms with Crippen molar-refractivity contribution in [3.05, 3.63) is 64.1 Å². The molecule has 0 bridgehead atoms. The number of amides is 1. The Morgan fingerprint density at radius 2 is 1.90 bits per heavy atom. The smallest absolute Gasteiger partial charge is 0.228 e. The number of carbonyl (C=O) groups excluding carboxylic acids is 1. The molecular weight excluding hydrogens is 293 g/mol. The van der Waals surface area contributed by atoms with Gasteiger partial charge in [-0.3, -0.25) is 4.79 Å². The van der Waals surface area contributed by atoms with Crippen molar-refractivity contribution in [2.45, 2.75) is 12.3 Å². The van der Waals surface area contributed by atoms with Crippen LogP contribution < -0.4 is 5.32 Å². The van der Waals surface area contributed by atoms with Crippen LogP contribution in [-0.4, -0.2) is 5.91 Å². The van der Waals surface area contributed by atoms with Gasteiger partial charge in [-0.2, -0.15) is 0 Å². The van der Waals surface area contributed by atoms with Crippen molar-refractivity contribution in [1.82, 2.24) is 0 Å². The number of rotatable bonds is 3. The van der Waals surface area contributed by atoms with Crippen LogP contribution >= 0.6 is 23.2 Å². The van der Waals surface area contributed by atoms with Gasteiger partial charge < -0.3 is 5.32 Å². The molecule has 0 aromatic heterocycles. The lowest BCUT2D eigenvalue weighted by Crippen LogP contribution is -2.14. The van der Waals surface area contributed by atoms with Gasteiger partial charge in [0.2, 0.25) is 5.91 Å². The monoisotopic (exact) mass is 305 g/mol. The predicted octanol–water partition coefficient (Wildman–Crippen LogP) is 4.74. The van der Waals surface area contributed by atoms with Crippen LogP contribution in [0.4, 0.5) is 5.69 Å². The van der Waals surface area contributed by atoms with E-state index in [1.807, 2.05) is 36.4 Å². The first-order chi connectivity index (χ1) is 9.65. The second-order valence-electron chi connectivity index (χ2n) is 4.97. The summed E-state index contributed by atoms with van der Waals surface area (Å²) in [6.45, 7) is 0. The van der Waals surface area contributed by atoms with Crippen molar-refractivity contribution in [1.29, 1.82) is 0 Å². The number of benzene rings is 2. The third-order valence-corrected chi connectivity index (χ3v) is 4.10. The zero-order valence-electron chi connectivity index (χ0n) is 10.6. The maximum absolute atomic E-state index is 12.2. The van der Waals surface area contributed by atoms with Gasteiger partial charge in [-0.1, -0.05) is 47.5 Å². The van der Waals surface area contributed by atoms with Crippen LogP contribution in [0.15, 0.2) is 48.5 Å². The summed E-state index contributed by atoms with van der Waals surface area (Å²) in [5.41, 5.74) is 1.78. The van der Waals surface area contributed by atoms with Crippen LogP contribution in [0.3, 0.4) is 0 Å². The maximum Gasteiger partial charge on any atom is 0.228 e. The third kappa shape index (κ3) is 2.82. The molecule has 20 heavy (non-hydrogen) atoms. The molecule has 1 aliphatic carbocycles. The van der Waals surface area contributed by atoms with E-state index >= 15 is 0 Å². The molecule has 4 heteroatoms. The molecule has 0 aliphatic heterocycles. The summed E-state index contributed by atoms with van der Waals surface area (Å²) in [5, 5.41) is 4.15. The van der Waals surface area contributed by atoms with E-state index in [0.717, 1.165) is 12.0 Å². The van der Waals surface area contributed by atoms with Crippen molar-refractivity contribution in [3.8, 4) is 0 Å². The number of carbonyl (C=O) groups is 1. The lowest BCUT2D eigenvalue weighted by molar-refractivity contribution is -0.117. The van der Waals surface area contributed by atoms with Gasteiger partial charge in [0.05, 0.1) is 10.7 Å². The van der Waals surface area contributed by atoms with E-state index in [4.69, 9.17) is 23.2 Å². The molecule has 1 fully saturated rings. The molecule has 1 aliphatic rings. The lowest BCUT2D eigenvalue weighted by Gasteiger charge is -2.06. The topological polar surface area (TPSA) is 29.1 Å². The van der Waals surface area contributed by atoms with E-state index in [1.54, 1.807) is 12.1 Å². The maximum atomic E-state index is 12.2. The standard InChI is InChI=1S/C16H13Cl2NO/c17-11-5-3-4-10(8-11)12-9-13(12)16(20)19-15-7-2-1-6-14(15)18/h1-8,12-13H,9H2,(H,19,20)/t12-,13+/m1/s1. The summed E-state index contributed by atoms with van der Waals surface area (Å²) < 4.78 is 0. The summed E-state index contributed by atoms with van der Waals surface area (Å²) >= 11 is 12.0. The molecule has 0 saturated heterocycles. The van der Waals surface area contributed by atoms with Crippen LogP contribution in [0.1, 0.15) is 17.9 Å². The van der Waals surface area contributed by atoms with E-state index in [-0.39, 0.29) is 17.7 Å².